The molecule has 0 unspecified atom stereocenters. The van der Waals surface area contributed by atoms with Crippen molar-refractivity contribution in [1.29, 1.82) is 0 Å². The maximum Gasteiger partial charge on any atom is 0.410 e. The molecule has 6 nitrogen and oxygen atoms in total. The van der Waals surface area contributed by atoms with Crippen LogP contribution in [0.15, 0.2) is 54.6 Å². The van der Waals surface area contributed by atoms with Crippen molar-refractivity contribution in [2.24, 2.45) is 0 Å². The summed E-state index contributed by atoms with van der Waals surface area (Å²) >= 11 is 0. The first kappa shape index (κ1) is 24.3. The Hall–Kier alpha value is -3.81. The SMILES string of the molecule is CC(C)(C)OC(=O)N(Cc1ccc(Oc2c(F)cc(N)c(N)c2F)cc1)C1Cc2ccccc2C1. The molecule has 1 aliphatic rings. The average Bonchev–Trinajstić information content (AvgIpc) is 3.22. The first-order chi connectivity index (χ1) is 16.5. The van der Waals surface area contributed by atoms with E-state index in [-0.39, 0.29) is 23.2 Å². The first-order valence-electron chi connectivity index (χ1n) is 11.4. The van der Waals surface area contributed by atoms with Crippen LogP contribution in [0.1, 0.15) is 37.5 Å². The van der Waals surface area contributed by atoms with Crippen molar-refractivity contribution >= 4 is 17.5 Å². The number of carbonyl (C=O) groups excluding carboxylic acids is 1. The number of amides is 1. The fraction of sp³-hybridized carbons (Fsp3) is 0.296. The molecule has 0 aromatic heterocycles. The number of nitrogens with zero attached hydrogens (tertiary/aromatic N) is 1. The molecule has 0 fully saturated rings. The molecule has 0 atom stereocenters. The summed E-state index contributed by atoms with van der Waals surface area (Å²) in [4.78, 5) is 14.9. The van der Waals surface area contributed by atoms with Crippen LogP contribution in [0.5, 0.6) is 11.5 Å². The van der Waals surface area contributed by atoms with Gasteiger partial charge in [0.25, 0.3) is 0 Å². The summed E-state index contributed by atoms with van der Waals surface area (Å²) in [5, 5.41) is 0. The zero-order valence-corrected chi connectivity index (χ0v) is 20.0. The van der Waals surface area contributed by atoms with Crippen molar-refractivity contribution < 1.29 is 23.0 Å². The largest absolute Gasteiger partial charge is 0.451 e. The lowest BCUT2D eigenvalue weighted by Crippen LogP contribution is -2.43. The number of hydrogen-bond donors (Lipinski definition) is 2. The van der Waals surface area contributed by atoms with Crippen molar-refractivity contribution in [3.8, 4) is 11.5 Å². The fourth-order valence-electron chi connectivity index (χ4n) is 4.12. The van der Waals surface area contributed by atoms with Crippen LogP contribution in [-0.2, 0) is 24.1 Å². The maximum absolute atomic E-state index is 14.3. The van der Waals surface area contributed by atoms with Crippen molar-refractivity contribution in [3.05, 3.63) is 82.9 Å². The molecule has 4 N–H and O–H groups in total. The monoisotopic (exact) mass is 481 g/mol. The second-order valence-electron chi connectivity index (χ2n) is 9.69. The number of benzene rings is 3. The Labute approximate surface area is 203 Å². The maximum atomic E-state index is 14.3. The van der Waals surface area contributed by atoms with E-state index in [9.17, 15) is 13.6 Å². The van der Waals surface area contributed by atoms with Gasteiger partial charge in [0, 0.05) is 18.7 Å². The Morgan fingerprint density at radius 2 is 1.63 bits per heavy atom. The minimum atomic E-state index is -1.05. The van der Waals surface area contributed by atoms with Gasteiger partial charge in [-0.1, -0.05) is 36.4 Å². The highest BCUT2D eigenvalue weighted by Crippen LogP contribution is 2.34. The standard InChI is InChI=1S/C27H29F2N3O3/c1-27(2,3)35-26(33)32(19-12-17-6-4-5-7-18(17)13-19)15-16-8-10-20(11-9-16)34-25-21(28)14-22(30)24(31)23(25)29/h4-11,14,19H,12-13,15,30-31H2,1-3H3. The molecule has 0 saturated heterocycles. The molecule has 0 spiro atoms. The van der Waals surface area contributed by atoms with Crippen molar-refractivity contribution in [3.63, 3.8) is 0 Å². The van der Waals surface area contributed by atoms with Crippen LogP contribution < -0.4 is 16.2 Å². The van der Waals surface area contributed by atoms with Crippen LogP contribution in [0.2, 0.25) is 0 Å². The lowest BCUT2D eigenvalue weighted by molar-refractivity contribution is 0.0148. The lowest BCUT2D eigenvalue weighted by atomic mass is 10.1. The van der Waals surface area contributed by atoms with Gasteiger partial charge in [-0.2, -0.15) is 0 Å². The van der Waals surface area contributed by atoms with Gasteiger partial charge in [0.05, 0.1) is 11.4 Å². The Morgan fingerprint density at radius 3 is 2.20 bits per heavy atom. The molecule has 3 aromatic carbocycles. The topological polar surface area (TPSA) is 90.8 Å². The summed E-state index contributed by atoms with van der Waals surface area (Å²) < 4.78 is 39.6. The summed E-state index contributed by atoms with van der Waals surface area (Å²) in [5.41, 5.74) is 13.1. The van der Waals surface area contributed by atoms with Gasteiger partial charge < -0.3 is 25.8 Å². The Bertz CT molecular complexity index is 1210. The molecule has 0 heterocycles. The number of halogens is 2. The van der Waals surface area contributed by atoms with E-state index in [0.29, 0.717) is 6.54 Å². The number of hydrogen-bond acceptors (Lipinski definition) is 5. The van der Waals surface area contributed by atoms with Crippen LogP contribution >= 0.6 is 0 Å². The molecule has 4 rings (SSSR count). The normalized spacial score (nSPS) is 13.4. The van der Waals surface area contributed by atoms with Crippen LogP contribution in [-0.4, -0.2) is 22.6 Å². The molecule has 0 bridgehead atoms. The van der Waals surface area contributed by atoms with Gasteiger partial charge in [0.15, 0.2) is 11.6 Å². The summed E-state index contributed by atoms with van der Waals surface area (Å²) in [5.74, 6) is -2.41. The van der Waals surface area contributed by atoms with Crippen molar-refractivity contribution in [2.75, 3.05) is 11.5 Å². The van der Waals surface area contributed by atoms with Crippen LogP contribution in [0.3, 0.4) is 0 Å². The number of carbonyl (C=O) groups is 1. The van der Waals surface area contributed by atoms with Crippen LogP contribution in [0, 0.1) is 11.6 Å². The third-order valence-corrected chi connectivity index (χ3v) is 5.84. The quantitative estimate of drug-likeness (QED) is 0.448. The molecule has 1 amide bonds. The number of ether oxygens (including phenoxy) is 2. The molecule has 0 radical (unpaired) electrons. The van der Waals surface area contributed by atoms with Gasteiger partial charge in [-0.25, -0.2) is 13.6 Å². The molecule has 0 aliphatic heterocycles. The number of fused-ring (bicyclic) bond motifs is 1. The van der Waals surface area contributed by atoms with Gasteiger partial charge in [-0.3, -0.25) is 0 Å². The zero-order valence-electron chi connectivity index (χ0n) is 20.0. The van der Waals surface area contributed by atoms with Crippen LogP contribution in [0.4, 0.5) is 25.0 Å². The van der Waals surface area contributed by atoms with Crippen molar-refractivity contribution in [2.45, 2.75) is 51.8 Å². The van der Waals surface area contributed by atoms with Gasteiger partial charge in [-0.15, -0.1) is 0 Å². The smallest absolute Gasteiger partial charge is 0.410 e. The Kier molecular flexibility index (Phi) is 6.56. The highest BCUT2D eigenvalue weighted by atomic mass is 19.1. The van der Waals surface area contributed by atoms with E-state index in [4.69, 9.17) is 20.9 Å². The Morgan fingerprint density at radius 1 is 1.03 bits per heavy atom. The fourth-order valence-corrected chi connectivity index (χ4v) is 4.12. The summed E-state index contributed by atoms with van der Waals surface area (Å²) in [6.07, 6.45) is 1.10. The highest BCUT2D eigenvalue weighted by molar-refractivity contribution is 5.69. The molecule has 184 valence electrons. The van der Waals surface area contributed by atoms with Gasteiger partial charge in [-0.05, 0) is 62.4 Å². The number of anilines is 2. The molecule has 1 aliphatic carbocycles. The zero-order chi connectivity index (χ0) is 25.3. The third-order valence-electron chi connectivity index (χ3n) is 5.84. The van der Waals surface area contributed by atoms with Gasteiger partial charge in [0.2, 0.25) is 5.75 Å². The average molecular weight is 482 g/mol. The highest BCUT2D eigenvalue weighted by Gasteiger charge is 2.32. The van der Waals surface area contributed by atoms with E-state index in [1.165, 1.54) is 11.1 Å². The predicted octanol–water partition coefficient (Wildman–Crippen LogP) is 5.83. The summed E-state index contributed by atoms with van der Waals surface area (Å²) in [6, 6.07) is 15.7. The van der Waals surface area contributed by atoms with E-state index >= 15 is 0 Å². The predicted molar refractivity (Wildman–Crippen MR) is 131 cm³/mol. The molecule has 3 aromatic rings. The lowest BCUT2D eigenvalue weighted by Gasteiger charge is -2.31. The van der Waals surface area contributed by atoms with Gasteiger partial charge >= 0.3 is 6.09 Å². The second-order valence-corrected chi connectivity index (χ2v) is 9.69. The van der Waals surface area contributed by atoms with E-state index in [1.54, 1.807) is 29.2 Å². The second kappa shape index (κ2) is 9.44. The van der Waals surface area contributed by atoms with E-state index in [2.05, 4.69) is 12.1 Å². The molecular weight excluding hydrogens is 452 g/mol. The summed E-state index contributed by atoms with van der Waals surface area (Å²) in [7, 11) is 0. The first-order valence-corrected chi connectivity index (χ1v) is 11.4. The summed E-state index contributed by atoms with van der Waals surface area (Å²) in [6.45, 7) is 5.81. The van der Waals surface area contributed by atoms with E-state index in [1.807, 2.05) is 32.9 Å². The number of rotatable bonds is 5. The Balaban J connectivity index is 1.53. The molecular formula is C27H29F2N3O3. The minimum Gasteiger partial charge on any atom is -0.451 e. The van der Waals surface area contributed by atoms with E-state index in [0.717, 1.165) is 24.5 Å². The van der Waals surface area contributed by atoms with E-state index < -0.39 is 29.1 Å². The molecule has 0 saturated carbocycles. The van der Waals surface area contributed by atoms with Gasteiger partial charge in [0.1, 0.15) is 11.4 Å². The molecule has 8 heteroatoms. The molecule has 35 heavy (non-hydrogen) atoms. The third kappa shape index (κ3) is 5.48. The van der Waals surface area contributed by atoms with Crippen LogP contribution in [0.25, 0.3) is 0 Å². The van der Waals surface area contributed by atoms with Crippen molar-refractivity contribution in [1.82, 2.24) is 4.90 Å². The minimum absolute atomic E-state index is 0.0425. The number of nitrogen functional groups attached to an aromatic ring is 2. The number of nitrogens with two attached hydrogens (primary N) is 2.